The number of benzene rings is 2. The van der Waals surface area contributed by atoms with E-state index in [-0.39, 0.29) is 27.1 Å². The van der Waals surface area contributed by atoms with E-state index in [1.165, 1.54) is 40.7 Å². The topological polar surface area (TPSA) is 96.7 Å². The van der Waals surface area contributed by atoms with Gasteiger partial charge in [-0.25, -0.2) is 8.42 Å². The van der Waals surface area contributed by atoms with Gasteiger partial charge < -0.3 is 9.73 Å². The zero-order chi connectivity index (χ0) is 22.2. The monoisotopic (exact) mass is 460 g/mol. The second-order valence-electron chi connectivity index (χ2n) is 7.70. The molecule has 0 bridgehead atoms. The van der Waals surface area contributed by atoms with E-state index in [0.717, 1.165) is 18.9 Å². The van der Waals surface area contributed by atoms with Crippen molar-refractivity contribution in [2.75, 3.05) is 18.4 Å². The molecular weight excluding hydrogens is 440 g/mol. The SMILES string of the molecule is C[C@@H]1CCCN(S(=O)(=O)c2ccc(NC(=O)c3cc(=O)c4cc(Cl)ccc4o3)cc2)C1. The van der Waals surface area contributed by atoms with Gasteiger partial charge in [0, 0.05) is 29.9 Å². The van der Waals surface area contributed by atoms with E-state index >= 15 is 0 Å². The summed E-state index contributed by atoms with van der Waals surface area (Å²) in [5.41, 5.74) is 0.250. The molecule has 162 valence electrons. The lowest BCUT2D eigenvalue weighted by Crippen LogP contribution is -2.39. The van der Waals surface area contributed by atoms with Crippen LogP contribution in [0.4, 0.5) is 5.69 Å². The molecule has 0 saturated carbocycles. The molecule has 1 saturated heterocycles. The van der Waals surface area contributed by atoms with Crippen molar-refractivity contribution in [3.8, 4) is 0 Å². The van der Waals surface area contributed by atoms with Gasteiger partial charge in [-0.05, 0) is 61.2 Å². The first-order valence-electron chi connectivity index (χ1n) is 9.89. The van der Waals surface area contributed by atoms with Gasteiger partial charge in [-0.1, -0.05) is 18.5 Å². The molecule has 9 heteroatoms. The van der Waals surface area contributed by atoms with E-state index < -0.39 is 15.9 Å². The highest BCUT2D eigenvalue weighted by Gasteiger charge is 2.28. The zero-order valence-electron chi connectivity index (χ0n) is 16.8. The Morgan fingerprint density at radius 1 is 1.16 bits per heavy atom. The second kappa shape index (κ2) is 8.45. The fourth-order valence-electron chi connectivity index (χ4n) is 3.66. The Morgan fingerprint density at radius 3 is 2.61 bits per heavy atom. The van der Waals surface area contributed by atoms with E-state index in [1.54, 1.807) is 6.07 Å². The summed E-state index contributed by atoms with van der Waals surface area (Å²) in [5.74, 6) is -0.442. The number of carbonyl (C=O) groups is 1. The number of rotatable bonds is 4. The lowest BCUT2D eigenvalue weighted by Gasteiger charge is -2.30. The molecule has 1 aromatic heterocycles. The number of halogens is 1. The number of carbonyl (C=O) groups excluding carboxylic acids is 1. The number of nitrogens with zero attached hydrogens (tertiary/aromatic N) is 1. The maximum atomic E-state index is 12.9. The molecule has 1 atom stereocenters. The van der Waals surface area contributed by atoms with Gasteiger partial charge >= 0.3 is 0 Å². The third-order valence-electron chi connectivity index (χ3n) is 5.28. The Balaban J connectivity index is 1.53. The molecule has 0 spiro atoms. The first kappa shape index (κ1) is 21.5. The zero-order valence-corrected chi connectivity index (χ0v) is 18.4. The van der Waals surface area contributed by atoms with Crippen LogP contribution in [-0.2, 0) is 10.0 Å². The van der Waals surface area contributed by atoms with Gasteiger partial charge in [0.1, 0.15) is 5.58 Å². The van der Waals surface area contributed by atoms with E-state index in [2.05, 4.69) is 5.32 Å². The summed E-state index contributed by atoms with van der Waals surface area (Å²) in [4.78, 5) is 25.0. The quantitative estimate of drug-likeness (QED) is 0.631. The number of anilines is 1. The van der Waals surface area contributed by atoms with Crippen molar-refractivity contribution in [1.29, 1.82) is 0 Å². The van der Waals surface area contributed by atoms with Crippen LogP contribution in [0, 0.1) is 5.92 Å². The Bertz CT molecular complexity index is 1300. The van der Waals surface area contributed by atoms with Crippen LogP contribution in [0.5, 0.6) is 0 Å². The number of nitrogens with one attached hydrogen (secondary N) is 1. The smallest absolute Gasteiger partial charge is 0.291 e. The highest BCUT2D eigenvalue weighted by atomic mass is 35.5. The third kappa shape index (κ3) is 4.51. The molecule has 1 N–H and O–H groups in total. The number of sulfonamides is 1. The lowest BCUT2D eigenvalue weighted by molar-refractivity contribution is 0.0997. The highest BCUT2D eigenvalue weighted by Crippen LogP contribution is 2.25. The lowest BCUT2D eigenvalue weighted by atomic mass is 10.0. The molecule has 2 heterocycles. The van der Waals surface area contributed by atoms with E-state index in [4.69, 9.17) is 16.0 Å². The molecule has 1 aliphatic heterocycles. The predicted octanol–water partition coefficient (Wildman–Crippen LogP) is 4.12. The Kier molecular flexibility index (Phi) is 5.88. The molecule has 3 aromatic rings. The van der Waals surface area contributed by atoms with Gasteiger partial charge in [-0.15, -0.1) is 0 Å². The predicted molar refractivity (Wildman–Crippen MR) is 119 cm³/mol. The fourth-order valence-corrected chi connectivity index (χ4v) is 5.43. The Morgan fingerprint density at radius 2 is 1.90 bits per heavy atom. The summed E-state index contributed by atoms with van der Waals surface area (Å²) in [5, 5.41) is 3.30. The average molecular weight is 461 g/mol. The summed E-state index contributed by atoms with van der Waals surface area (Å²) in [6, 6.07) is 11.6. The second-order valence-corrected chi connectivity index (χ2v) is 10.1. The van der Waals surface area contributed by atoms with E-state index in [1.807, 2.05) is 6.92 Å². The van der Waals surface area contributed by atoms with Crippen LogP contribution in [0.25, 0.3) is 11.0 Å². The van der Waals surface area contributed by atoms with Crippen LogP contribution in [-0.4, -0.2) is 31.7 Å². The van der Waals surface area contributed by atoms with Gasteiger partial charge in [0.15, 0.2) is 11.2 Å². The van der Waals surface area contributed by atoms with Crippen molar-refractivity contribution >= 4 is 44.2 Å². The maximum Gasteiger partial charge on any atom is 0.291 e. The Hall–Kier alpha value is -2.68. The number of hydrogen-bond donors (Lipinski definition) is 1. The molecule has 4 rings (SSSR count). The molecule has 2 aromatic carbocycles. The van der Waals surface area contributed by atoms with Crippen molar-refractivity contribution in [3.63, 3.8) is 0 Å². The van der Waals surface area contributed by atoms with Crippen LogP contribution in [0.1, 0.15) is 30.3 Å². The van der Waals surface area contributed by atoms with E-state index in [9.17, 15) is 18.0 Å². The molecule has 0 unspecified atom stereocenters. The summed E-state index contributed by atoms with van der Waals surface area (Å²) >= 11 is 5.90. The molecule has 1 aliphatic rings. The molecule has 0 radical (unpaired) electrons. The van der Waals surface area contributed by atoms with Crippen molar-refractivity contribution in [2.45, 2.75) is 24.7 Å². The molecule has 7 nitrogen and oxygen atoms in total. The van der Waals surface area contributed by atoms with Gasteiger partial charge in [0.2, 0.25) is 10.0 Å². The molecule has 1 fully saturated rings. The van der Waals surface area contributed by atoms with Gasteiger partial charge in [0.05, 0.1) is 10.3 Å². The first-order valence-corrected chi connectivity index (χ1v) is 11.7. The minimum absolute atomic E-state index is 0.154. The molecule has 0 aliphatic carbocycles. The van der Waals surface area contributed by atoms with Crippen molar-refractivity contribution in [2.24, 2.45) is 5.92 Å². The van der Waals surface area contributed by atoms with Crippen LogP contribution in [0.15, 0.2) is 62.6 Å². The number of hydrogen-bond acceptors (Lipinski definition) is 5. The standard InChI is InChI=1S/C22H21ClN2O5S/c1-14-3-2-10-25(13-14)31(28,29)17-7-5-16(6-8-17)24-22(27)21-12-19(26)18-11-15(23)4-9-20(18)30-21/h4-9,11-12,14H,2-3,10,13H2,1H3,(H,24,27)/t14-/m1/s1. The first-order chi connectivity index (χ1) is 14.7. The van der Waals surface area contributed by atoms with Crippen LogP contribution < -0.4 is 10.7 Å². The largest absolute Gasteiger partial charge is 0.451 e. The van der Waals surface area contributed by atoms with Crippen LogP contribution in [0.2, 0.25) is 5.02 Å². The number of fused-ring (bicyclic) bond motifs is 1. The highest BCUT2D eigenvalue weighted by molar-refractivity contribution is 7.89. The average Bonchev–Trinajstić information content (AvgIpc) is 2.74. The summed E-state index contributed by atoms with van der Waals surface area (Å²) in [7, 11) is -3.58. The normalized spacial score (nSPS) is 17.5. The van der Waals surface area contributed by atoms with Crippen molar-refractivity contribution in [3.05, 3.63) is 69.5 Å². The summed E-state index contributed by atoms with van der Waals surface area (Å²) in [6.07, 6.45) is 1.87. The molecule has 31 heavy (non-hydrogen) atoms. The van der Waals surface area contributed by atoms with Crippen LogP contribution >= 0.6 is 11.6 Å². The summed E-state index contributed by atoms with van der Waals surface area (Å²) < 4.78 is 32.7. The van der Waals surface area contributed by atoms with Gasteiger partial charge in [-0.2, -0.15) is 4.31 Å². The van der Waals surface area contributed by atoms with Gasteiger partial charge in [0.25, 0.3) is 5.91 Å². The van der Waals surface area contributed by atoms with E-state index in [0.29, 0.717) is 29.7 Å². The minimum Gasteiger partial charge on any atom is -0.451 e. The molecule has 1 amide bonds. The van der Waals surface area contributed by atoms with Crippen LogP contribution in [0.3, 0.4) is 0 Å². The Labute approximate surface area is 184 Å². The maximum absolute atomic E-state index is 12.9. The van der Waals surface area contributed by atoms with Gasteiger partial charge in [-0.3, -0.25) is 9.59 Å². The van der Waals surface area contributed by atoms with Crippen molar-refractivity contribution < 1.29 is 17.6 Å². The minimum atomic E-state index is -3.58. The third-order valence-corrected chi connectivity index (χ3v) is 7.40. The van der Waals surface area contributed by atoms with Crippen molar-refractivity contribution in [1.82, 2.24) is 4.31 Å². The summed E-state index contributed by atoms with van der Waals surface area (Å²) in [6.45, 7) is 3.06. The molecular formula is C22H21ClN2O5S. The number of amides is 1. The fraction of sp³-hybridized carbons (Fsp3) is 0.273. The number of piperidine rings is 1.